The summed E-state index contributed by atoms with van der Waals surface area (Å²) in [5.74, 6) is 1.39. The third-order valence-electron chi connectivity index (χ3n) is 9.13. The summed E-state index contributed by atoms with van der Waals surface area (Å²) in [7, 11) is -13.5. The molecule has 1 aliphatic carbocycles. The van der Waals surface area contributed by atoms with Crippen LogP contribution >= 0.6 is 56.8 Å². The molecule has 3 amide bonds. The van der Waals surface area contributed by atoms with Gasteiger partial charge in [-0.15, -0.1) is 0 Å². The first-order chi connectivity index (χ1) is 23.9. The fourth-order valence-corrected chi connectivity index (χ4v) is 13.5. The Kier molecular flexibility index (Phi) is 17.0. The van der Waals surface area contributed by atoms with Gasteiger partial charge < -0.3 is 45.0 Å². The van der Waals surface area contributed by atoms with Gasteiger partial charge in [0.2, 0.25) is 5.91 Å². The Morgan fingerprint density at radius 3 is 2.43 bits per heavy atom. The summed E-state index contributed by atoms with van der Waals surface area (Å²) < 4.78 is 59.8. The molecule has 0 aromatic heterocycles. The number of rotatable bonds is 20. The van der Waals surface area contributed by atoms with E-state index in [2.05, 4.69) is 24.6 Å². The second kappa shape index (κ2) is 19.8. The third-order valence-corrected chi connectivity index (χ3v) is 17.4. The Hall–Kier alpha value is 0.120. The lowest BCUT2D eigenvalue weighted by molar-refractivity contribution is -0.121. The van der Waals surface area contributed by atoms with Crippen LogP contribution in [0.2, 0.25) is 0 Å². The number of fused-ring (bicyclic) bond motifs is 1. The van der Waals surface area contributed by atoms with Gasteiger partial charge in [0.25, 0.3) is 0 Å². The number of urea groups is 1. The Morgan fingerprint density at radius 1 is 1.02 bits per heavy atom. The van der Waals surface area contributed by atoms with E-state index < -0.39 is 42.3 Å². The number of carbonyl (C=O) groups excluding carboxylic acids is 2. The number of hydrogen-bond donors (Lipinski definition) is 7. The third kappa shape index (κ3) is 15.6. The van der Waals surface area contributed by atoms with E-state index in [-0.39, 0.29) is 46.7 Å². The summed E-state index contributed by atoms with van der Waals surface area (Å²) in [6, 6.07) is 0.257. The van der Waals surface area contributed by atoms with Crippen molar-refractivity contribution in [1.82, 2.24) is 16.0 Å². The minimum Gasteiger partial charge on any atom is -0.369 e. The molecule has 51 heavy (non-hydrogen) atoms. The van der Waals surface area contributed by atoms with Crippen molar-refractivity contribution in [3.05, 3.63) is 0 Å². The smallest absolute Gasteiger partial charge is 0.369 e. The summed E-state index contributed by atoms with van der Waals surface area (Å²) in [5.41, 5.74) is 0. The van der Waals surface area contributed by atoms with Crippen molar-refractivity contribution >= 4 is 68.8 Å². The van der Waals surface area contributed by atoms with Gasteiger partial charge in [0.15, 0.2) is 0 Å². The van der Waals surface area contributed by atoms with E-state index in [0.717, 1.165) is 63.5 Å². The van der Waals surface area contributed by atoms with E-state index in [1.54, 1.807) is 10.8 Å². The van der Waals surface area contributed by atoms with Gasteiger partial charge in [-0.25, -0.2) is 18.5 Å². The number of unbranched alkanes of at least 4 members (excludes halogenated alkanes) is 1. The van der Waals surface area contributed by atoms with Crippen LogP contribution in [0.15, 0.2) is 0 Å². The van der Waals surface area contributed by atoms with Gasteiger partial charge >= 0.3 is 29.5 Å². The molecular weight excluding hydrogens is 791 g/mol. The normalized spacial score (nSPS) is 30.0. The minimum absolute atomic E-state index is 0.0140. The van der Waals surface area contributed by atoms with Crippen molar-refractivity contribution in [2.75, 3.05) is 24.8 Å². The van der Waals surface area contributed by atoms with Gasteiger partial charge in [0.1, 0.15) is 12.0 Å². The molecule has 4 fully saturated rings. The number of ether oxygens (including phenoxy) is 2. The largest absolute Gasteiger partial charge is 0.490 e. The van der Waals surface area contributed by atoms with Crippen LogP contribution in [0.3, 0.4) is 0 Å². The van der Waals surface area contributed by atoms with E-state index in [1.807, 2.05) is 25.6 Å². The summed E-state index contributed by atoms with van der Waals surface area (Å²) in [5, 5.41) is 9.32. The molecule has 296 valence electrons. The highest BCUT2D eigenvalue weighted by molar-refractivity contribution is 8.77. The number of thioether (sulfide) groups is 1. The van der Waals surface area contributed by atoms with Crippen LogP contribution in [-0.2, 0) is 41.1 Å². The molecule has 0 spiro atoms. The van der Waals surface area contributed by atoms with Crippen molar-refractivity contribution in [2.24, 2.45) is 5.92 Å². The Balaban J connectivity index is 1.19. The van der Waals surface area contributed by atoms with Gasteiger partial charge in [0, 0.05) is 35.1 Å². The lowest BCUT2D eigenvalue weighted by atomic mass is 9.86. The number of phosphoric acid groups is 3. The van der Waals surface area contributed by atoms with Crippen LogP contribution < -0.4 is 16.0 Å². The SMILES string of the molecule is CC(C)(CNC(=O)CCCCC1SCC2NC(=O)NC21)SSCOC1C[C@H](C2CCCCCCC2)O[C@@H]1COP(=O)(O)OP(=O)(O)OP(=O)(O)O. The molecule has 0 aromatic rings. The molecular formula is C28H52N3O14P3S3. The molecule has 6 unspecified atom stereocenters. The van der Waals surface area contributed by atoms with Crippen molar-refractivity contribution in [3.8, 4) is 0 Å². The van der Waals surface area contributed by atoms with Crippen LogP contribution in [0, 0.1) is 5.92 Å². The Labute approximate surface area is 311 Å². The Bertz CT molecular complexity index is 1310. The van der Waals surface area contributed by atoms with Crippen LogP contribution in [0.1, 0.15) is 90.9 Å². The maximum absolute atomic E-state index is 12.6. The van der Waals surface area contributed by atoms with E-state index in [9.17, 15) is 33.1 Å². The molecule has 0 aromatic carbocycles. The lowest BCUT2D eigenvalue weighted by Gasteiger charge is -2.25. The topological polar surface area (TPSA) is 249 Å². The average molecular weight is 844 g/mol. The molecule has 0 bridgehead atoms. The van der Waals surface area contributed by atoms with E-state index in [1.165, 1.54) is 17.2 Å². The molecule has 0 radical (unpaired) electrons. The average Bonchev–Trinajstić information content (AvgIpc) is 3.68. The highest BCUT2D eigenvalue weighted by Crippen LogP contribution is 2.66. The molecule has 1 saturated carbocycles. The first-order valence-electron chi connectivity index (χ1n) is 17.2. The van der Waals surface area contributed by atoms with Gasteiger partial charge in [0.05, 0.1) is 30.9 Å². The number of hydrogen-bond acceptors (Lipinski definition) is 13. The summed E-state index contributed by atoms with van der Waals surface area (Å²) >= 11 is 1.86. The van der Waals surface area contributed by atoms with E-state index in [4.69, 9.17) is 23.8 Å². The zero-order valence-corrected chi connectivity index (χ0v) is 33.9. The van der Waals surface area contributed by atoms with Crippen LogP contribution in [0.5, 0.6) is 0 Å². The van der Waals surface area contributed by atoms with Crippen molar-refractivity contribution in [2.45, 2.75) is 131 Å². The fraction of sp³-hybridized carbons (Fsp3) is 0.929. The summed E-state index contributed by atoms with van der Waals surface area (Å²) in [6.07, 6.45) is 9.57. The second-order valence-electron chi connectivity index (χ2n) is 13.9. The van der Waals surface area contributed by atoms with Gasteiger partial charge in [-0.1, -0.05) is 60.1 Å². The highest BCUT2D eigenvalue weighted by Gasteiger charge is 2.45. The molecule has 7 N–H and O–H groups in total. The van der Waals surface area contributed by atoms with Crippen molar-refractivity contribution in [1.29, 1.82) is 0 Å². The fourth-order valence-electron chi connectivity index (χ4n) is 6.71. The van der Waals surface area contributed by atoms with Crippen molar-refractivity contribution < 1.29 is 65.5 Å². The molecule has 3 aliphatic heterocycles. The predicted molar refractivity (Wildman–Crippen MR) is 195 cm³/mol. The minimum atomic E-state index is -5.64. The Morgan fingerprint density at radius 2 is 1.73 bits per heavy atom. The van der Waals surface area contributed by atoms with Crippen LogP contribution in [0.4, 0.5) is 4.79 Å². The first kappa shape index (κ1) is 43.8. The quantitative estimate of drug-likeness (QED) is 0.0274. The summed E-state index contributed by atoms with van der Waals surface area (Å²) in [4.78, 5) is 61.2. The molecule has 3 heterocycles. The van der Waals surface area contributed by atoms with Crippen LogP contribution in [0.25, 0.3) is 0 Å². The zero-order valence-electron chi connectivity index (χ0n) is 28.8. The lowest BCUT2D eigenvalue weighted by Crippen LogP contribution is -2.37. The molecule has 23 heteroatoms. The van der Waals surface area contributed by atoms with E-state index >= 15 is 0 Å². The van der Waals surface area contributed by atoms with Crippen LogP contribution in [-0.4, -0.2) is 96.7 Å². The second-order valence-corrected chi connectivity index (χ2v) is 22.5. The molecule has 8 atom stereocenters. The van der Waals surface area contributed by atoms with Gasteiger partial charge in [-0.2, -0.15) is 20.4 Å². The number of nitrogens with one attached hydrogen (secondary N) is 3. The maximum Gasteiger partial charge on any atom is 0.490 e. The first-order valence-corrected chi connectivity index (χ1v) is 25.1. The number of amides is 3. The monoisotopic (exact) mass is 843 g/mol. The predicted octanol–water partition coefficient (Wildman–Crippen LogP) is 5.19. The number of carbonyl (C=O) groups is 2. The van der Waals surface area contributed by atoms with Gasteiger partial charge in [-0.05, 0) is 45.4 Å². The van der Waals surface area contributed by atoms with E-state index in [0.29, 0.717) is 24.6 Å². The van der Waals surface area contributed by atoms with Gasteiger partial charge in [-0.3, -0.25) is 9.32 Å². The van der Waals surface area contributed by atoms with Crippen molar-refractivity contribution in [3.63, 3.8) is 0 Å². The molecule has 17 nitrogen and oxygen atoms in total. The highest BCUT2D eigenvalue weighted by atomic mass is 33.1. The molecule has 3 saturated heterocycles. The summed E-state index contributed by atoms with van der Waals surface area (Å²) in [6.45, 7) is 3.92. The number of phosphoric ester groups is 1. The molecule has 4 aliphatic rings. The standard InChI is InChI=1S/C28H52N3O14P3S3/c1-28(2,17-29-25(32)13-9-8-12-24-26-20(16-49-24)30-27(33)31-26)51-50-18-41-22-14-21(19-10-6-4-3-5-7-11-19)43-23(22)15-42-47(37,38)45-48(39,40)44-46(34,35)36/h19-24,26H,3-18H2,1-2H3,(H,29,32)(H,37,38)(H,39,40)(H2,30,31,33)(H2,34,35,36)/t20?,21-,22?,23-,24?,26?/m1/s1. The molecule has 4 rings (SSSR count). The maximum atomic E-state index is 12.6. The zero-order chi connectivity index (χ0) is 37.3.